The van der Waals surface area contributed by atoms with Crippen molar-refractivity contribution >= 4 is 22.3 Å². The highest BCUT2D eigenvalue weighted by Crippen LogP contribution is 2.26. The van der Waals surface area contributed by atoms with Gasteiger partial charge < -0.3 is 10.1 Å². The van der Waals surface area contributed by atoms with Crippen molar-refractivity contribution in [1.29, 1.82) is 0 Å². The summed E-state index contributed by atoms with van der Waals surface area (Å²) >= 11 is 0. The van der Waals surface area contributed by atoms with E-state index in [1.807, 2.05) is 50.4 Å². The molecule has 0 fully saturated rings. The van der Waals surface area contributed by atoms with E-state index >= 15 is 0 Å². The van der Waals surface area contributed by atoms with E-state index in [2.05, 4.69) is 35.4 Å². The van der Waals surface area contributed by atoms with Crippen molar-refractivity contribution in [1.82, 2.24) is 4.98 Å². The molecule has 3 rings (SSSR count). The summed E-state index contributed by atoms with van der Waals surface area (Å²) in [6.45, 7) is 6.22. The molecular formula is C20H22N2O. The zero-order valence-electron chi connectivity index (χ0n) is 13.8. The first-order chi connectivity index (χ1) is 11.2. The average molecular weight is 306 g/mol. The van der Waals surface area contributed by atoms with Crippen molar-refractivity contribution in [3.63, 3.8) is 0 Å². The highest BCUT2D eigenvalue weighted by Gasteiger charge is 2.05. The lowest BCUT2D eigenvalue weighted by molar-refractivity contribution is 0.242. The third-order valence-corrected chi connectivity index (χ3v) is 3.73. The number of benzene rings is 2. The first kappa shape index (κ1) is 15.3. The number of hydrogen-bond acceptors (Lipinski definition) is 3. The van der Waals surface area contributed by atoms with Crippen LogP contribution in [-0.4, -0.2) is 11.1 Å². The molecule has 1 N–H and O–H groups in total. The smallest absolute Gasteiger partial charge is 0.138 e. The van der Waals surface area contributed by atoms with Gasteiger partial charge in [0.15, 0.2) is 0 Å². The minimum atomic E-state index is 0.181. The molecule has 3 aromatic rings. The Morgan fingerprint density at radius 2 is 1.83 bits per heavy atom. The highest BCUT2D eigenvalue weighted by molar-refractivity contribution is 5.93. The third kappa shape index (κ3) is 3.62. The van der Waals surface area contributed by atoms with E-state index in [9.17, 15) is 0 Å². The number of anilines is 2. The second kappa shape index (κ2) is 6.69. The Kier molecular flexibility index (Phi) is 4.47. The number of fused-ring (bicyclic) bond motifs is 1. The largest absolute Gasteiger partial charge is 0.491 e. The second-order valence-corrected chi connectivity index (χ2v) is 5.88. The fraction of sp³-hybridized carbons (Fsp3) is 0.250. The lowest BCUT2D eigenvalue weighted by Crippen LogP contribution is -2.05. The van der Waals surface area contributed by atoms with Crippen LogP contribution in [0, 0.1) is 0 Å². The van der Waals surface area contributed by atoms with E-state index in [1.54, 1.807) is 0 Å². The monoisotopic (exact) mass is 306 g/mol. The van der Waals surface area contributed by atoms with Crippen LogP contribution in [0.15, 0.2) is 54.7 Å². The van der Waals surface area contributed by atoms with Crippen molar-refractivity contribution in [2.75, 3.05) is 5.32 Å². The first-order valence-electron chi connectivity index (χ1n) is 8.07. The normalized spacial score (nSPS) is 11.0. The van der Waals surface area contributed by atoms with E-state index in [0.717, 1.165) is 29.1 Å². The fourth-order valence-electron chi connectivity index (χ4n) is 2.56. The quantitative estimate of drug-likeness (QED) is 0.692. The predicted octanol–water partition coefficient (Wildman–Crippen LogP) is 5.33. The van der Waals surface area contributed by atoms with Gasteiger partial charge in [-0.3, -0.25) is 0 Å². The lowest BCUT2D eigenvalue weighted by Gasteiger charge is -2.12. The van der Waals surface area contributed by atoms with Gasteiger partial charge in [-0.15, -0.1) is 0 Å². The van der Waals surface area contributed by atoms with Gasteiger partial charge in [0, 0.05) is 17.3 Å². The van der Waals surface area contributed by atoms with E-state index in [-0.39, 0.29) is 6.10 Å². The number of pyridine rings is 1. The topological polar surface area (TPSA) is 34.2 Å². The summed E-state index contributed by atoms with van der Waals surface area (Å²) in [6, 6.07) is 16.6. The molecule has 0 saturated heterocycles. The maximum atomic E-state index is 5.68. The molecule has 118 valence electrons. The lowest BCUT2D eigenvalue weighted by atomic mass is 10.1. The maximum Gasteiger partial charge on any atom is 0.138 e. The maximum absolute atomic E-state index is 5.68. The van der Waals surface area contributed by atoms with Gasteiger partial charge in [0.1, 0.15) is 11.6 Å². The summed E-state index contributed by atoms with van der Waals surface area (Å²) < 4.78 is 5.68. The van der Waals surface area contributed by atoms with Gasteiger partial charge in [-0.2, -0.15) is 0 Å². The molecule has 1 heterocycles. The zero-order valence-corrected chi connectivity index (χ0v) is 13.8. The standard InChI is InChI=1S/C20H22N2O/c1-4-15-5-6-16-11-12-21-20(19(16)13-15)22-17-7-9-18(10-8-17)23-14(2)3/h5-14H,4H2,1-3H3,(H,21,22). The van der Waals surface area contributed by atoms with Crippen molar-refractivity contribution in [3.05, 3.63) is 60.3 Å². The Bertz CT molecular complexity index is 794. The van der Waals surface area contributed by atoms with Gasteiger partial charge >= 0.3 is 0 Å². The summed E-state index contributed by atoms with van der Waals surface area (Å²) in [5.41, 5.74) is 2.32. The fourth-order valence-corrected chi connectivity index (χ4v) is 2.56. The summed E-state index contributed by atoms with van der Waals surface area (Å²) in [5.74, 6) is 1.76. The number of aromatic nitrogens is 1. The van der Waals surface area contributed by atoms with Crippen LogP contribution in [0.1, 0.15) is 26.3 Å². The molecule has 0 atom stereocenters. The SMILES string of the molecule is CCc1ccc2ccnc(Nc3ccc(OC(C)C)cc3)c2c1. The number of ether oxygens (including phenoxy) is 1. The molecule has 3 nitrogen and oxygen atoms in total. The Morgan fingerprint density at radius 1 is 1.04 bits per heavy atom. The molecule has 0 bridgehead atoms. The molecule has 0 aliphatic carbocycles. The number of nitrogens with zero attached hydrogens (tertiary/aromatic N) is 1. The zero-order chi connectivity index (χ0) is 16.2. The molecule has 3 heteroatoms. The molecule has 0 radical (unpaired) electrons. The molecule has 0 amide bonds. The number of aryl methyl sites for hydroxylation is 1. The molecule has 2 aromatic carbocycles. The summed E-state index contributed by atoms with van der Waals surface area (Å²) in [4.78, 5) is 4.51. The van der Waals surface area contributed by atoms with Crippen molar-refractivity contribution in [2.45, 2.75) is 33.3 Å². The van der Waals surface area contributed by atoms with Crippen molar-refractivity contribution in [3.8, 4) is 5.75 Å². The Hall–Kier alpha value is -2.55. The third-order valence-electron chi connectivity index (χ3n) is 3.73. The minimum Gasteiger partial charge on any atom is -0.491 e. The minimum absolute atomic E-state index is 0.181. The van der Waals surface area contributed by atoms with Crippen LogP contribution >= 0.6 is 0 Å². The van der Waals surface area contributed by atoms with E-state index in [4.69, 9.17) is 4.74 Å². The molecule has 0 aliphatic rings. The van der Waals surface area contributed by atoms with Gasteiger partial charge in [0.2, 0.25) is 0 Å². The molecular weight excluding hydrogens is 284 g/mol. The van der Waals surface area contributed by atoms with Crippen LogP contribution in [0.5, 0.6) is 5.75 Å². The van der Waals surface area contributed by atoms with Crippen LogP contribution in [0.25, 0.3) is 10.8 Å². The van der Waals surface area contributed by atoms with Crippen LogP contribution < -0.4 is 10.1 Å². The summed E-state index contributed by atoms with van der Waals surface area (Å²) in [7, 11) is 0. The van der Waals surface area contributed by atoms with E-state index in [1.165, 1.54) is 10.9 Å². The predicted molar refractivity (Wildman–Crippen MR) is 96.6 cm³/mol. The van der Waals surface area contributed by atoms with Gasteiger partial charge in [-0.1, -0.05) is 19.1 Å². The average Bonchev–Trinajstić information content (AvgIpc) is 2.56. The molecule has 0 spiro atoms. The number of rotatable bonds is 5. The molecule has 0 aliphatic heterocycles. The van der Waals surface area contributed by atoms with E-state index in [0.29, 0.717) is 0 Å². The molecule has 23 heavy (non-hydrogen) atoms. The summed E-state index contributed by atoms with van der Waals surface area (Å²) in [5, 5.41) is 5.75. The van der Waals surface area contributed by atoms with Gasteiger partial charge in [-0.25, -0.2) is 4.98 Å². The van der Waals surface area contributed by atoms with Gasteiger partial charge in [0.25, 0.3) is 0 Å². The van der Waals surface area contributed by atoms with Crippen molar-refractivity contribution in [2.24, 2.45) is 0 Å². The Balaban J connectivity index is 1.88. The molecule has 0 unspecified atom stereocenters. The molecule has 0 saturated carbocycles. The Labute approximate surface area is 137 Å². The summed E-state index contributed by atoms with van der Waals surface area (Å²) in [6.07, 6.45) is 3.04. The van der Waals surface area contributed by atoms with E-state index < -0.39 is 0 Å². The van der Waals surface area contributed by atoms with Crippen molar-refractivity contribution < 1.29 is 4.74 Å². The highest BCUT2D eigenvalue weighted by atomic mass is 16.5. The van der Waals surface area contributed by atoms with Crippen LogP contribution in [-0.2, 0) is 6.42 Å². The number of hydrogen-bond donors (Lipinski definition) is 1. The van der Waals surface area contributed by atoms with Crippen LogP contribution in [0.3, 0.4) is 0 Å². The number of nitrogens with one attached hydrogen (secondary N) is 1. The first-order valence-corrected chi connectivity index (χ1v) is 8.07. The van der Waals surface area contributed by atoms with Gasteiger partial charge in [-0.05, 0) is 67.6 Å². The van der Waals surface area contributed by atoms with Crippen LogP contribution in [0.4, 0.5) is 11.5 Å². The molecule has 1 aromatic heterocycles. The Morgan fingerprint density at radius 3 is 2.52 bits per heavy atom. The van der Waals surface area contributed by atoms with Crippen LogP contribution in [0.2, 0.25) is 0 Å². The second-order valence-electron chi connectivity index (χ2n) is 5.88. The van der Waals surface area contributed by atoms with Gasteiger partial charge in [0.05, 0.1) is 6.10 Å².